The predicted octanol–water partition coefficient (Wildman–Crippen LogP) is 16.1. The second kappa shape index (κ2) is 14.3. The maximum atomic E-state index is 6.93. The Morgan fingerprint density at radius 3 is 1.79 bits per heavy atom. The van der Waals surface area contributed by atoms with Crippen molar-refractivity contribution in [3.05, 3.63) is 218 Å². The molecule has 0 aliphatic rings. The first-order valence-corrected chi connectivity index (χ1v) is 22.3. The molecule has 14 rings (SSSR count). The van der Waals surface area contributed by atoms with Gasteiger partial charge >= 0.3 is 0 Å². The zero-order chi connectivity index (χ0) is 43.3. The second-order valence-corrected chi connectivity index (χ2v) is 17.2. The van der Waals surface area contributed by atoms with Gasteiger partial charge in [-0.25, -0.2) is 15.0 Å². The van der Waals surface area contributed by atoms with Crippen molar-refractivity contribution in [2.45, 2.75) is 0 Å². The third-order valence-electron chi connectivity index (χ3n) is 13.4. The lowest BCUT2D eigenvalue weighted by Crippen LogP contribution is -2.00. The van der Waals surface area contributed by atoms with Crippen LogP contribution in [0.3, 0.4) is 0 Å². The van der Waals surface area contributed by atoms with E-state index < -0.39 is 0 Å². The van der Waals surface area contributed by atoms with Gasteiger partial charge in [0.05, 0.1) is 16.6 Å². The Kier molecular flexibility index (Phi) is 7.91. The number of fused-ring (bicyclic) bond motifs is 12. The Morgan fingerprint density at radius 1 is 0.318 bits per heavy atom. The molecule has 0 saturated heterocycles. The molecule has 5 nitrogen and oxygen atoms in total. The zero-order valence-corrected chi connectivity index (χ0v) is 35.5. The summed E-state index contributed by atoms with van der Waals surface area (Å²) in [5.74, 6) is 1.73. The summed E-state index contributed by atoms with van der Waals surface area (Å²) in [5, 5.41) is 13.9. The Balaban J connectivity index is 0.980. The van der Waals surface area contributed by atoms with E-state index >= 15 is 0 Å². The fraction of sp³-hybridized carbons (Fsp3) is 0. The maximum absolute atomic E-state index is 6.93. The molecule has 0 aliphatic carbocycles. The number of nitrogens with zero attached hydrogens (tertiary/aromatic N) is 4. The minimum atomic E-state index is 0.547. The first-order chi connectivity index (χ1) is 32.7. The number of benzene rings is 11. The third-order valence-corrected chi connectivity index (χ3v) is 13.4. The van der Waals surface area contributed by atoms with Crippen LogP contribution in [-0.4, -0.2) is 19.5 Å². The van der Waals surface area contributed by atoms with E-state index in [9.17, 15) is 0 Å². The largest absolute Gasteiger partial charge is 0.455 e. The van der Waals surface area contributed by atoms with Gasteiger partial charge in [-0.2, -0.15) is 0 Å². The van der Waals surface area contributed by atoms with Crippen LogP contribution in [0.2, 0.25) is 0 Å². The van der Waals surface area contributed by atoms with Gasteiger partial charge < -0.3 is 8.98 Å². The van der Waals surface area contributed by atoms with Crippen molar-refractivity contribution in [3.8, 4) is 51.0 Å². The Morgan fingerprint density at radius 2 is 0.924 bits per heavy atom. The normalized spacial score (nSPS) is 11.9. The lowest BCUT2D eigenvalue weighted by atomic mass is 9.99. The summed E-state index contributed by atoms with van der Waals surface area (Å²) >= 11 is 0. The maximum Gasteiger partial charge on any atom is 0.167 e. The van der Waals surface area contributed by atoms with Gasteiger partial charge in [0, 0.05) is 38.4 Å². The highest BCUT2D eigenvalue weighted by Crippen LogP contribution is 2.42. The van der Waals surface area contributed by atoms with Crippen LogP contribution in [0.1, 0.15) is 0 Å². The summed E-state index contributed by atoms with van der Waals surface area (Å²) in [5.41, 5.74) is 9.82. The molecule has 0 radical (unpaired) electrons. The van der Waals surface area contributed by atoms with Crippen LogP contribution in [0.25, 0.3) is 138 Å². The minimum absolute atomic E-state index is 0.547. The zero-order valence-electron chi connectivity index (χ0n) is 35.5. The number of hydrogen-bond donors (Lipinski definition) is 0. The molecule has 14 aromatic rings. The highest BCUT2D eigenvalue weighted by Gasteiger charge is 2.21. The third kappa shape index (κ3) is 5.70. The summed E-state index contributed by atoms with van der Waals surface area (Å²) in [6.45, 7) is 0. The van der Waals surface area contributed by atoms with Gasteiger partial charge in [0.2, 0.25) is 0 Å². The molecule has 0 unspecified atom stereocenters. The van der Waals surface area contributed by atoms with Crippen LogP contribution in [0, 0.1) is 0 Å². The molecule has 0 spiro atoms. The van der Waals surface area contributed by atoms with Gasteiger partial charge in [-0.15, -0.1) is 0 Å². The molecule has 0 saturated carbocycles. The van der Waals surface area contributed by atoms with Gasteiger partial charge in [-0.05, 0) is 109 Å². The van der Waals surface area contributed by atoms with E-state index in [0.717, 1.165) is 77.0 Å². The van der Waals surface area contributed by atoms with Crippen molar-refractivity contribution in [1.29, 1.82) is 0 Å². The summed E-state index contributed by atoms with van der Waals surface area (Å²) in [6.07, 6.45) is 0. The van der Waals surface area contributed by atoms with Gasteiger partial charge in [0.1, 0.15) is 11.2 Å². The minimum Gasteiger partial charge on any atom is -0.455 e. The molecule has 0 bridgehead atoms. The van der Waals surface area contributed by atoms with Crippen LogP contribution in [0.4, 0.5) is 0 Å². The number of rotatable bonds is 5. The van der Waals surface area contributed by atoms with Crippen molar-refractivity contribution in [2.24, 2.45) is 0 Å². The van der Waals surface area contributed by atoms with Gasteiger partial charge in [-0.1, -0.05) is 164 Å². The Bertz CT molecular complexity index is 4300. The molecule has 0 N–H and O–H groups in total. The summed E-state index contributed by atoms with van der Waals surface area (Å²) in [7, 11) is 0. The summed E-state index contributed by atoms with van der Waals surface area (Å²) in [4.78, 5) is 15.8. The Labute approximate surface area is 378 Å². The average molecular weight is 841 g/mol. The quantitative estimate of drug-likeness (QED) is 0.162. The molecule has 5 heteroatoms. The van der Waals surface area contributed by atoms with Crippen molar-refractivity contribution in [2.75, 3.05) is 0 Å². The van der Waals surface area contributed by atoms with Crippen LogP contribution in [0.15, 0.2) is 223 Å². The second-order valence-electron chi connectivity index (χ2n) is 17.2. The molecule has 306 valence electrons. The fourth-order valence-electron chi connectivity index (χ4n) is 10.2. The number of hydrogen-bond acceptors (Lipinski definition) is 4. The molecule has 0 aliphatic heterocycles. The fourth-order valence-corrected chi connectivity index (χ4v) is 10.2. The monoisotopic (exact) mass is 840 g/mol. The molecule has 0 amide bonds. The molecule has 3 heterocycles. The van der Waals surface area contributed by atoms with E-state index in [1.54, 1.807) is 0 Å². The van der Waals surface area contributed by atoms with E-state index in [2.05, 4.69) is 217 Å². The summed E-state index contributed by atoms with van der Waals surface area (Å²) < 4.78 is 9.33. The standard InChI is InChI=1S/C61H36N4O/c1-2-12-37(13-3-1)41-17-10-18-44(32-41)59-62-60(45-27-26-39-25-24-38-14-6-7-19-47(38)51(39)34-45)64-61(63-59)50-22-11-21-49-57-52-36-46(30-28-40(52)29-31-56(57)66-58(49)50)65-54-23-9-8-20-48(54)53-33-42-15-4-5-16-43(42)35-55(53)65/h1-36H. The lowest BCUT2D eigenvalue weighted by Gasteiger charge is -2.11. The van der Waals surface area contributed by atoms with E-state index in [1.807, 2.05) is 6.07 Å². The molecular weight excluding hydrogens is 805 g/mol. The molecule has 3 aromatic heterocycles. The Hall–Kier alpha value is -8.93. The van der Waals surface area contributed by atoms with Crippen LogP contribution in [0.5, 0.6) is 0 Å². The van der Waals surface area contributed by atoms with Gasteiger partial charge in [-0.3, -0.25) is 0 Å². The number of aromatic nitrogens is 4. The van der Waals surface area contributed by atoms with Crippen molar-refractivity contribution >= 4 is 86.8 Å². The van der Waals surface area contributed by atoms with E-state index in [-0.39, 0.29) is 0 Å². The van der Waals surface area contributed by atoms with E-state index in [1.165, 1.54) is 43.4 Å². The number of para-hydroxylation sites is 2. The van der Waals surface area contributed by atoms with Crippen molar-refractivity contribution in [3.63, 3.8) is 0 Å². The predicted molar refractivity (Wildman–Crippen MR) is 273 cm³/mol. The lowest BCUT2D eigenvalue weighted by molar-refractivity contribution is 0.670. The first kappa shape index (κ1) is 36.5. The molecule has 0 fully saturated rings. The van der Waals surface area contributed by atoms with Gasteiger partial charge in [0.15, 0.2) is 17.5 Å². The smallest absolute Gasteiger partial charge is 0.167 e. The van der Waals surface area contributed by atoms with Crippen molar-refractivity contribution in [1.82, 2.24) is 19.5 Å². The topological polar surface area (TPSA) is 56.7 Å². The number of furan rings is 1. The molecule has 0 atom stereocenters. The highest BCUT2D eigenvalue weighted by atomic mass is 16.3. The molecule has 11 aromatic carbocycles. The molecular formula is C61H36N4O. The van der Waals surface area contributed by atoms with Crippen LogP contribution >= 0.6 is 0 Å². The van der Waals surface area contributed by atoms with Crippen LogP contribution < -0.4 is 0 Å². The van der Waals surface area contributed by atoms with E-state index in [4.69, 9.17) is 19.4 Å². The van der Waals surface area contributed by atoms with Crippen LogP contribution in [-0.2, 0) is 0 Å². The van der Waals surface area contributed by atoms with Gasteiger partial charge in [0.25, 0.3) is 0 Å². The van der Waals surface area contributed by atoms with E-state index in [0.29, 0.717) is 17.5 Å². The first-order valence-electron chi connectivity index (χ1n) is 22.3. The average Bonchev–Trinajstić information content (AvgIpc) is 3.93. The molecule has 66 heavy (non-hydrogen) atoms. The van der Waals surface area contributed by atoms with Crippen molar-refractivity contribution < 1.29 is 4.42 Å². The highest BCUT2D eigenvalue weighted by molar-refractivity contribution is 6.21. The SMILES string of the molecule is c1ccc(-c2cccc(-c3nc(-c4ccc5ccc6ccccc6c5c4)nc(-c4cccc5c4oc4ccc6ccc(-n7c8ccccc8c8cc9ccccc9cc87)cc6c45)n3)c2)cc1. The summed E-state index contributed by atoms with van der Waals surface area (Å²) in [6, 6.07) is 77.6.